The maximum Gasteiger partial charge on any atom is 0.227 e. The fourth-order valence-electron chi connectivity index (χ4n) is 2.86. The third kappa shape index (κ3) is 3.44. The van der Waals surface area contributed by atoms with Crippen molar-refractivity contribution in [3.63, 3.8) is 0 Å². The summed E-state index contributed by atoms with van der Waals surface area (Å²) in [5, 5.41) is 2.44. The predicted molar refractivity (Wildman–Crippen MR) is 87.2 cm³/mol. The molecule has 0 aromatic heterocycles. The van der Waals surface area contributed by atoms with Crippen LogP contribution in [0.4, 0.5) is 0 Å². The summed E-state index contributed by atoms with van der Waals surface area (Å²) in [7, 11) is 0. The van der Waals surface area contributed by atoms with Crippen LogP contribution in [0, 0.1) is 5.92 Å². The molecule has 2 aromatic rings. The van der Waals surface area contributed by atoms with Gasteiger partial charge in [-0.15, -0.1) is 0 Å². The number of fused-ring (bicyclic) bond motifs is 1. The van der Waals surface area contributed by atoms with Gasteiger partial charge in [0.25, 0.3) is 0 Å². The molecule has 0 bridgehead atoms. The highest BCUT2D eigenvalue weighted by molar-refractivity contribution is 5.85. The Labute approximate surface area is 126 Å². The van der Waals surface area contributed by atoms with E-state index in [0.29, 0.717) is 18.4 Å². The van der Waals surface area contributed by atoms with E-state index < -0.39 is 0 Å². The molecule has 0 spiro atoms. The summed E-state index contributed by atoms with van der Waals surface area (Å²) < 4.78 is 0. The van der Waals surface area contributed by atoms with Gasteiger partial charge in [0.1, 0.15) is 0 Å². The quantitative estimate of drug-likeness (QED) is 0.810. The van der Waals surface area contributed by atoms with Crippen LogP contribution >= 0.6 is 0 Å². The minimum atomic E-state index is 0.279. The molecular formula is C19H23NO. The summed E-state index contributed by atoms with van der Waals surface area (Å²) in [6.07, 6.45) is 2.88. The molecule has 1 aliphatic carbocycles. The number of nitrogens with zero attached hydrogens (tertiary/aromatic N) is 1. The van der Waals surface area contributed by atoms with Crippen LogP contribution in [-0.4, -0.2) is 23.4 Å². The number of benzene rings is 2. The van der Waals surface area contributed by atoms with Gasteiger partial charge in [0.05, 0.1) is 6.42 Å². The van der Waals surface area contributed by atoms with Crippen LogP contribution in [0.2, 0.25) is 0 Å². The number of carbonyl (C=O) groups excluding carboxylic acids is 1. The van der Waals surface area contributed by atoms with E-state index in [-0.39, 0.29) is 5.91 Å². The van der Waals surface area contributed by atoms with Gasteiger partial charge in [0.15, 0.2) is 0 Å². The van der Waals surface area contributed by atoms with Crippen molar-refractivity contribution in [2.75, 3.05) is 6.54 Å². The maximum atomic E-state index is 12.6. The molecule has 110 valence electrons. The van der Waals surface area contributed by atoms with Crippen LogP contribution in [-0.2, 0) is 11.2 Å². The molecule has 2 nitrogen and oxygen atoms in total. The summed E-state index contributed by atoms with van der Waals surface area (Å²) >= 11 is 0. The summed E-state index contributed by atoms with van der Waals surface area (Å²) in [5.74, 6) is 0.813. The summed E-state index contributed by atoms with van der Waals surface area (Å²) in [5.41, 5.74) is 1.12. The number of amides is 1. The highest BCUT2D eigenvalue weighted by atomic mass is 16.2. The molecule has 0 atom stereocenters. The molecular weight excluding hydrogens is 258 g/mol. The lowest BCUT2D eigenvalue weighted by Gasteiger charge is -2.24. The van der Waals surface area contributed by atoms with Gasteiger partial charge in [0, 0.05) is 12.6 Å². The second-order valence-electron chi connectivity index (χ2n) is 6.53. The van der Waals surface area contributed by atoms with Crippen molar-refractivity contribution in [2.24, 2.45) is 5.92 Å². The Hall–Kier alpha value is -1.83. The third-order valence-corrected chi connectivity index (χ3v) is 4.04. The molecule has 1 aliphatic rings. The fourth-order valence-corrected chi connectivity index (χ4v) is 2.86. The Kier molecular flexibility index (Phi) is 3.96. The van der Waals surface area contributed by atoms with Crippen LogP contribution in [0.3, 0.4) is 0 Å². The molecule has 21 heavy (non-hydrogen) atoms. The second kappa shape index (κ2) is 5.88. The first-order valence-corrected chi connectivity index (χ1v) is 7.90. The summed E-state index contributed by atoms with van der Waals surface area (Å²) in [6, 6.07) is 15.1. The molecule has 0 unspecified atom stereocenters. The van der Waals surface area contributed by atoms with Crippen molar-refractivity contribution in [2.45, 2.75) is 39.2 Å². The van der Waals surface area contributed by atoms with Crippen molar-refractivity contribution < 1.29 is 4.79 Å². The molecule has 1 amide bonds. The first kappa shape index (κ1) is 14.1. The van der Waals surface area contributed by atoms with E-state index in [4.69, 9.17) is 0 Å². The molecule has 1 fully saturated rings. The lowest BCUT2D eigenvalue weighted by molar-refractivity contribution is -0.131. The van der Waals surface area contributed by atoms with Gasteiger partial charge in [-0.25, -0.2) is 0 Å². The highest BCUT2D eigenvalue weighted by Gasteiger charge is 2.32. The number of hydrogen-bond donors (Lipinski definition) is 0. The molecule has 0 radical (unpaired) electrons. The normalized spacial score (nSPS) is 14.6. The summed E-state index contributed by atoms with van der Waals surface area (Å²) in [6.45, 7) is 5.24. The zero-order chi connectivity index (χ0) is 14.8. The smallest absolute Gasteiger partial charge is 0.227 e. The molecule has 0 N–H and O–H groups in total. The zero-order valence-corrected chi connectivity index (χ0v) is 12.9. The first-order valence-electron chi connectivity index (χ1n) is 7.90. The van der Waals surface area contributed by atoms with Crippen molar-refractivity contribution in [1.82, 2.24) is 4.90 Å². The minimum absolute atomic E-state index is 0.279. The maximum absolute atomic E-state index is 12.6. The zero-order valence-electron chi connectivity index (χ0n) is 12.9. The van der Waals surface area contributed by atoms with Crippen LogP contribution in [0.15, 0.2) is 42.5 Å². The first-order chi connectivity index (χ1) is 10.1. The Morgan fingerprint density at radius 1 is 1.14 bits per heavy atom. The van der Waals surface area contributed by atoms with Gasteiger partial charge in [0.2, 0.25) is 5.91 Å². The Morgan fingerprint density at radius 3 is 2.52 bits per heavy atom. The second-order valence-corrected chi connectivity index (χ2v) is 6.53. The number of carbonyl (C=O) groups is 1. The minimum Gasteiger partial charge on any atom is -0.339 e. The largest absolute Gasteiger partial charge is 0.339 e. The number of hydrogen-bond acceptors (Lipinski definition) is 1. The van der Waals surface area contributed by atoms with Gasteiger partial charge in [-0.2, -0.15) is 0 Å². The van der Waals surface area contributed by atoms with Crippen molar-refractivity contribution >= 4 is 16.7 Å². The van der Waals surface area contributed by atoms with Gasteiger partial charge in [-0.3, -0.25) is 4.79 Å². The van der Waals surface area contributed by atoms with Crippen LogP contribution < -0.4 is 0 Å². The Balaban J connectivity index is 1.75. The van der Waals surface area contributed by atoms with Gasteiger partial charge in [-0.1, -0.05) is 56.3 Å². The van der Waals surface area contributed by atoms with Crippen molar-refractivity contribution in [1.29, 1.82) is 0 Å². The molecule has 2 heteroatoms. The van der Waals surface area contributed by atoms with Crippen LogP contribution in [0.25, 0.3) is 10.8 Å². The van der Waals surface area contributed by atoms with E-state index in [2.05, 4.69) is 49.1 Å². The van der Waals surface area contributed by atoms with Crippen molar-refractivity contribution in [3.05, 3.63) is 48.0 Å². The lowest BCUT2D eigenvalue weighted by atomic mass is 10.0. The molecule has 2 aromatic carbocycles. The van der Waals surface area contributed by atoms with E-state index in [1.54, 1.807) is 0 Å². The van der Waals surface area contributed by atoms with E-state index in [0.717, 1.165) is 12.1 Å². The monoisotopic (exact) mass is 281 g/mol. The van der Waals surface area contributed by atoms with E-state index in [1.807, 2.05) is 12.1 Å². The number of rotatable bonds is 5. The van der Waals surface area contributed by atoms with Crippen LogP contribution in [0.1, 0.15) is 32.3 Å². The highest BCUT2D eigenvalue weighted by Crippen LogP contribution is 2.28. The predicted octanol–water partition coefficient (Wildman–Crippen LogP) is 4.03. The topological polar surface area (TPSA) is 20.3 Å². The standard InChI is InChI=1S/C19H23NO/c1-14(2)13-20(18-9-10-18)19(21)12-15-7-8-16-5-3-4-6-17(16)11-15/h3-8,11,14,18H,9-10,12-13H2,1-2H3. The van der Waals surface area contributed by atoms with Crippen molar-refractivity contribution in [3.8, 4) is 0 Å². The van der Waals surface area contributed by atoms with Gasteiger partial charge < -0.3 is 4.90 Å². The van der Waals surface area contributed by atoms with E-state index in [9.17, 15) is 4.79 Å². The molecule has 1 saturated carbocycles. The molecule has 0 saturated heterocycles. The summed E-state index contributed by atoms with van der Waals surface area (Å²) in [4.78, 5) is 14.7. The Bertz CT molecular complexity index is 643. The molecule has 0 heterocycles. The fraction of sp³-hybridized carbons (Fsp3) is 0.421. The van der Waals surface area contributed by atoms with Crippen LogP contribution in [0.5, 0.6) is 0 Å². The SMILES string of the molecule is CC(C)CN(C(=O)Cc1ccc2ccccc2c1)C1CC1. The molecule has 3 rings (SSSR count). The van der Waals surface area contributed by atoms with Gasteiger partial charge >= 0.3 is 0 Å². The van der Waals surface area contributed by atoms with E-state index in [1.165, 1.54) is 23.6 Å². The Morgan fingerprint density at radius 2 is 1.86 bits per heavy atom. The average molecular weight is 281 g/mol. The lowest BCUT2D eigenvalue weighted by Crippen LogP contribution is -2.37. The van der Waals surface area contributed by atoms with E-state index >= 15 is 0 Å². The third-order valence-electron chi connectivity index (χ3n) is 4.04. The average Bonchev–Trinajstić information content (AvgIpc) is 3.29. The molecule has 0 aliphatic heterocycles. The van der Waals surface area contributed by atoms with Gasteiger partial charge in [-0.05, 0) is 35.1 Å².